The molecule has 1 aromatic carbocycles. The first-order valence-electron chi connectivity index (χ1n) is 7.58. The van der Waals surface area contributed by atoms with E-state index >= 15 is 0 Å². The predicted octanol–water partition coefficient (Wildman–Crippen LogP) is 3.90. The number of hydrogen-bond acceptors (Lipinski definition) is 2. The Bertz CT molecular complexity index is 510. The maximum atomic E-state index is 12.3. The second-order valence-electron chi connectivity index (χ2n) is 7.67. The van der Waals surface area contributed by atoms with Gasteiger partial charge in [0.2, 0.25) is 0 Å². The smallest absolute Gasteiger partial charge is 0.367 e. The summed E-state index contributed by atoms with van der Waals surface area (Å²) in [5, 5.41) is 0. The van der Waals surface area contributed by atoms with E-state index < -0.39 is 0 Å². The van der Waals surface area contributed by atoms with Crippen LogP contribution in [0.1, 0.15) is 51.7 Å². The SMILES string of the molecule is Cc1ccc(C(C)C)cc1OC(=O)C[N+](C)(C)C(C)(C)C. The number of rotatable bonds is 4. The minimum atomic E-state index is -0.182. The summed E-state index contributed by atoms with van der Waals surface area (Å²) in [5.74, 6) is 0.920. The molecular formula is C18H30NO2+. The molecule has 0 aliphatic heterocycles. The molecule has 0 aliphatic carbocycles. The van der Waals surface area contributed by atoms with E-state index in [1.165, 1.54) is 5.56 Å². The van der Waals surface area contributed by atoms with E-state index in [4.69, 9.17) is 4.74 Å². The highest BCUT2D eigenvalue weighted by atomic mass is 16.5. The summed E-state index contributed by atoms with van der Waals surface area (Å²) >= 11 is 0. The molecule has 3 heteroatoms. The van der Waals surface area contributed by atoms with Crippen molar-refractivity contribution < 1.29 is 14.0 Å². The van der Waals surface area contributed by atoms with E-state index in [1.807, 2.05) is 19.1 Å². The van der Waals surface area contributed by atoms with Crippen molar-refractivity contribution in [1.29, 1.82) is 0 Å². The van der Waals surface area contributed by atoms with Gasteiger partial charge in [0.25, 0.3) is 0 Å². The van der Waals surface area contributed by atoms with Crippen molar-refractivity contribution >= 4 is 5.97 Å². The van der Waals surface area contributed by atoms with Crippen molar-refractivity contribution in [1.82, 2.24) is 0 Å². The molecule has 0 unspecified atom stereocenters. The molecular weight excluding hydrogens is 262 g/mol. The number of ether oxygens (including phenoxy) is 1. The maximum absolute atomic E-state index is 12.3. The molecule has 3 nitrogen and oxygen atoms in total. The van der Waals surface area contributed by atoms with Crippen molar-refractivity contribution in [3.05, 3.63) is 29.3 Å². The lowest BCUT2D eigenvalue weighted by Gasteiger charge is -2.41. The highest BCUT2D eigenvalue weighted by molar-refractivity contribution is 5.74. The first-order chi connectivity index (χ1) is 9.44. The molecule has 0 atom stereocenters. The van der Waals surface area contributed by atoms with Crippen molar-refractivity contribution in [2.24, 2.45) is 0 Å². The average molecular weight is 292 g/mol. The van der Waals surface area contributed by atoms with E-state index in [2.05, 4.69) is 54.8 Å². The van der Waals surface area contributed by atoms with Gasteiger partial charge in [0.15, 0.2) is 6.54 Å². The largest absolute Gasteiger partial charge is 0.422 e. The van der Waals surface area contributed by atoms with Crippen LogP contribution in [-0.4, -0.2) is 36.6 Å². The zero-order valence-corrected chi connectivity index (χ0v) is 14.8. The molecule has 0 fully saturated rings. The molecule has 0 amide bonds. The van der Waals surface area contributed by atoms with Crippen LogP contribution in [0, 0.1) is 6.92 Å². The molecule has 0 aromatic heterocycles. The lowest BCUT2D eigenvalue weighted by Crippen LogP contribution is -2.57. The van der Waals surface area contributed by atoms with Gasteiger partial charge in [0.1, 0.15) is 5.75 Å². The number of carbonyl (C=O) groups is 1. The Balaban J connectivity index is 2.87. The fourth-order valence-corrected chi connectivity index (χ4v) is 1.80. The fraction of sp³-hybridized carbons (Fsp3) is 0.611. The van der Waals surface area contributed by atoms with Gasteiger partial charge < -0.3 is 9.22 Å². The first kappa shape index (κ1) is 17.7. The molecule has 0 radical (unpaired) electrons. The number of esters is 1. The molecule has 118 valence electrons. The van der Waals surface area contributed by atoms with Crippen LogP contribution < -0.4 is 4.74 Å². The Morgan fingerprint density at radius 1 is 1.24 bits per heavy atom. The van der Waals surface area contributed by atoms with E-state index in [-0.39, 0.29) is 11.5 Å². The topological polar surface area (TPSA) is 26.3 Å². The Kier molecular flexibility index (Phi) is 5.21. The third kappa shape index (κ3) is 4.57. The van der Waals surface area contributed by atoms with Crippen LogP contribution >= 0.6 is 0 Å². The first-order valence-corrected chi connectivity index (χ1v) is 7.58. The van der Waals surface area contributed by atoms with Gasteiger partial charge in [-0.2, -0.15) is 0 Å². The normalized spacial score (nSPS) is 12.6. The fourth-order valence-electron chi connectivity index (χ4n) is 1.80. The molecule has 0 spiro atoms. The van der Waals surface area contributed by atoms with Gasteiger partial charge in [-0.3, -0.25) is 0 Å². The van der Waals surface area contributed by atoms with Crippen LogP contribution in [0.4, 0.5) is 0 Å². The van der Waals surface area contributed by atoms with Crippen molar-refractivity contribution in [3.8, 4) is 5.75 Å². The summed E-state index contributed by atoms with van der Waals surface area (Å²) in [7, 11) is 4.11. The minimum absolute atomic E-state index is 0.00611. The van der Waals surface area contributed by atoms with Crippen LogP contribution in [0.15, 0.2) is 18.2 Å². The minimum Gasteiger partial charge on any atom is -0.422 e. The van der Waals surface area contributed by atoms with E-state index in [1.54, 1.807) is 0 Å². The van der Waals surface area contributed by atoms with Crippen molar-refractivity contribution in [2.75, 3.05) is 20.6 Å². The monoisotopic (exact) mass is 292 g/mol. The summed E-state index contributed by atoms with van der Waals surface area (Å²) < 4.78 is 6.20. The van der Waals surface area contributed by atoms with Crippen LogP contribution in [-0.2, 0) is 4.79 Å². The number of hydrogen-bond donors (Lipinski definition) is 0. The number of carbonyl (C=O) groups excluding carboxylic acids is 1. The van der Waals surface area contributed by atoms with E-state index in [0.717, 1.165) is 5.56 Å². The molecule has 0 N–H and O–H groups in total. The summed E-state index contributed by atoms with van der Waals surface area (Å²) in [4.78, 5) is 12.3. The van der Waals surface area contributed by atoms with Crippen molar-refractivity contribution in [2.45, 2.75) is 53.0 Å². The molecule has 0 saturated heterocycles. The van der Waals surface area contributed by atoms with Gasteiger partial charge in [-0.1, -0.05) is 26.0 Å². The van der Waals surface area contributed by atoms with Gasteiger partial charge >= 0.3 is 5.97 Å². The van der Waals surface area contributed by atoms with Gasteiger partial charge in [0, 0.05) is 0 Å². The molecule has 0 aliphatic rings. The van der Waals surface area contributed by atoms with Gasteiger partial charge in [-0.05, 0) is 50.8 Å². The lowest BCUT2D eigenvalue weighted by atomic mass is 10.0. The summed E-state index contributed by atoms with van der Waals surface area (Å²) in [6.45, 7) is 13.0. The Hall–Kier alpha value is -1.35. The highest BCUT2D eigenvalue weighted by Gasteiger charge is 2.34. The molecule has 21 heavy (non-hydrogen) atoms. The number of quaternary nitrogens is 1. The molecule has 0 bridgehead atoms. The zero-order valence-electron chi connectivity index (χ0n) is 14.8. The number of likely N-dealkylation sites (N-methyl/N-ethyl adjacent to an activating group) is 1. The van der Waals surface area contributed by atoms with Crippen molar-refractivity contribution in [3.63, 3.8) is 0 Å². The van der Waals surface area contributed by atoms with Crippen LogP contribution in [0.2, 0.25) is 0 Å². The van der Waals surface area contributed by atoms with Gasteiger partial charge in [0.05, 0.1) is 19.6 Å². The average Bonchev–Trinajstić information content (AvgIpc) is 2.29. The van der Waals surface area contributed by atoms with Crippen LogP contribution in [0.5, 0.6) is 5.75 Å². The van der Waals surface area contributed by atoms with Gasteiger partial charge in [-0.25, -0.2) is 4.79 Å². The van der Waals surface area contributed by atoms with Gasteiger partial charge in [-0.15, -0.1) is 0 Å². The number of benzene rings is 1. The Morgan fingerprint density at radius 3 is 2.29 bits per heavy atom. The molecule has 1 aromatic rings. The second kappa shape index (κ2) is 6.18. The van der Waals surface area contributed by atoms with Crippen LogP contribution in [0.3, 0.4) is 0 Å². The number of nitrogens with zero attached hydrogens (tertiary/aromatic N) is 1. The molecule has 1 rings (SSSR count). The quantitative estimate of drug-likeness (QED) is 0.478. The van der Waals surface area contributed by atoms with E-state index in [0.29, 0.717) is 22.7 Å². The third-order valence-electron chi connectivity index (χ3n) is 4.44. The van der Waals surface area contributed by atoms with E-state index in [9.17, 15) is 4.79 Å². The Morgan fingerprint density at radius 2 is 1.81 bits per heavy atom. The third-order valence-corrected chi connectivity index (χ3v) is 4.44. The second-order valence-corrected chi connectivity index (χ2v) is 7.67. The zero-order chi connectivity index (χ0) is 16.4. The Labute approximate surface area is 129 Å². The molecule has 0 heterocycles. The highest BCUT2D eigenvalue weighted by Crippen LogP contribution is 2.25. The summed E-state index contributed by atoms with van der Waals surface area (Å²) in [6.07, 6.45) is 0. The lowest BCUT2D eigenvalue weighted by molar-refractivity contribution is -0.928. The number of aryl methyl sites for hydroxylation is 1. The molecule has 0 saturated carbocycles. The predicted molar refractivity (Wildman–Crippen MR) is 87.6 cm³/mol. The maximum Gasteiger partial charge on any atom is 0.367 e. The summed E-state index contributed by atoms with van der Waals surface area (Å²) in [6, 6.07) is 6.09. The standard InChI is InChI=1S/C18H30NO2/c1-13(2)15-10-9-14(3)16(11-15)21-17(20)12-19(7,8)18(4,5)6/h9-11,13H,12H2,1-8H3/q+1. The van der Waals surface area contributed by atoms with Crippen LogP contribution in [0.25, 0.3) is 0 Å². The summed E-state index contributed by atoms with van der Waals surface area (Å²) in [5.41, 5.74) is 2.18.